The van der Waals surface area contributed by atoms with Crippen LogP contribution in [0, 0.1) is 0 Å². The van der Waals surface area contributed by atoms with Crippen molar-refractivity contribution in [2.45, 2.75) is 65.5 Å². The molecule has 0 aromatic heterocycles. The SMILES string of the molecule is C1CCOC1.CC(C)(C)N=C(c1ccccc1)[N]([Ge])C(C)(C)C.[K+].[SH-].[SH-]. The van der Waals surface area contributed by atoms with Crippen LogP contribution in [0.25, 0.3) is 0 Å². The number of benzene rings is 1. The van der Waals surface area contributed by atoms with Gasteiger partial charge in [0.2, 0.25) is 0 Å². The van der Waals surface area contributed by atoms with E-state index in [1.54, 1.807) is 0 Å². The summed E-state index contributed by atoms with van der Waals surface area (Å²) in [7, 11) is 0. The first-order chi connectivity index (χ1) is 10.6. The van der Waals surface area contributed by atoms with E-state index < -0.39 is 0 Å². The first-order valence-corrected chi connectivity index (χ1v) is 9.29. The van der Waals surface area contributed by atoms with Crippen LogP contribution in [0.15, 0.2) is 35.3 Å². The van der Waals surface area contributed by atoms with Gasteiger partial charge in [-0.2, -0.15) is 0 Å². The molecule has 0 N–H and O–H groups in total. The summed E-state index contributed by atoms with van der Waals surface area (Å²) >= 11 is 2.11. The molecule has 3 radical (unpaired) electrons. The quantitative estimate of drug-likeness (QED) is 0.194. The Hall–Kier alpha value is 1.53. The van der Waals surface area contributed by atoms with E-state index in [0.29, 0.717) is 0 Å². The molecule has 0 aliphatic carbocycles. The predicted molar refractivity (Wildman–Crippen MR) is 118 cm³/mol. The van der Waals surface area contributed by atoms with E-state index in [-0.39, 0.29) is 89.5 Å². The fraction of sp³-hybridized carbons (Fsp3) is 0.632. The van der Waals surface area contributed by atoms with Gasteiger partial charge >= 0.3 is 171 Å². The second-order valence-electron chi connectivity index (χ2n) is 7.80. The van der Waals surface area contributed by atoms with Gasteiger partial charge in [0, 0.05) is 13.2 Å². The second-order valence-corrected chi connectivity index (χ2v) is 8.74. The predicted octanol–water partition coefficient (Wildman–Crippen LogP) is 0.676. The van der Waals surface area contributed by atoms with Crippen molar-refractivity contribution in [1.29, 1.82) is 0 Å². The van der Waals surface area contributed by atoms with Gasteiger partial charge in [-0.05, 0) is 12.8 Å². The molecule has 1 fully saturated rings. The van der Waals surface area contributed by atoms with Gasteiger partial charge in [-0.1, -0.05) is 0 Å². The van der Waals surface area contributed by atoms with Gasteiger partial charge in [-0.3, -0.25) is 0 Å². The molecule has 2 rings (SSSR count). The minimum atomic E-state index is -0.0787. The third kappa shape index (κ3) is 13.7. The molecule has 0 spiro atoms. The number of rotatable bonds is 1. The Morgan fingerprint density at radius 1 is 0.962 bits per heavy atom. The summed E-state index contributed by atoms with van der Waals surface area (Å²) in [6.45, 7) is 15.0. The van der Waals surface area contributed by atoms with E-state index in [9.17, 15) is 0 Å². The van der Waals surface area contributed by atoms with E-state index in [4.69, 9.17) is 9.73 Å². The molecule has 3 nitrogen and oxygen atoms in total. The van der Waals surface area contributed by atoms with Crippen LogP contribution in [-0.2, 0) is 31.7 Å². The molecule has 1 aliphatic heterocycles. The maximum atomic E-state index is 4.94. The topological polar surface area (TPSA) is 24.8 Å². The van der Waals surface area contributed by atoms with Crippen LogP contribution in [-0.4, -0.2) is 50.7 Å². The molecule has 1 aliphatic rings. The zero-order chi connectivity index (χ0) is 17.5. The van der Waals surface area contributed by atoms with Gasteiger partial charge in [0.1, 0.15) is 0 Å². The van der Waals surface area contributed by atoms with Crippen LogP contribution in [0.1, 0.15) is 59.9 Å². The fourth-order valence-corrected chi connectivity index (χ4v) is 2.35. The average molecular weight is 481 g/mol. The Balaban J connectivity index is -0.000000572. The summed E-state index contributed by atoms with van der Waals surface area (Å²) in [5.74, 6) is 1.05. The van der Waals surface area contributed by atoms with Gasteiger partial charge in [0.15, 0.2) is 0 Å². The number of hydrogen-bond donors (Lipinski definition) is 0. The van der Waals surface area contributed by atoms with Crippen molar-refractivity contribution in [3.05, 3.63) is 35.9 Å². The standard InChI is InChI=1S/C15H23GeN2.C4H8O.K.2H2S/c1-14(2,3)17-13(18(16)15(4,5)6)12-10-8-7-9-11-12;1-2-4-5-3-1;;;/h7-11H,1-6H3;1-4H2;;2*1H2/q;;+1;;/p-2. The molecular weight excluding hydrogens is 448 g/mol. The zero-order valence-corrected chi connectivity index (χ0v) is 24.4. The molecular formula is C19H33GeKN2OS2-. The number of nitrogens with zero attached hydrogens (tertiary/aromatic N) is 2. The van der Waals surface area contributed by atoms with E-state index in [0.717, 1.165) is 19.0 Å². The van der Waals surface area contributed by atoms with E-state index in [1.165, 1.54) is 18.4 Å². The third-order valence-electron chi connectivity index (χ3n) is 3.18. The summed E-state index contributed by atoms with van der Waals surface area (Å²) in [5, 5.41) is 0. The van der Waals surface area contributed by atoms with Crippen molar-refractivity contribution >= 4 is 49.6 Å². The monoisotopic (exact) mass is 482 g/mol. The van der Waals surface area contributed by atoms with E-state index >= 15 is 0 Å². The molecule has 1 aromatic rings. The Kier molecular flexibility index (Phi) is 19.0. The number of aliphatic imine (C=N–C) groups is 1. The summed E-state index contributed by atoms with van der Waals surface area (Å²) < 4.78 is 7.19. The first-order valence-electron chi connectivity index (χ1n) is 8.36. The van der Waals surface area contributed by atoms with E-state index in [1.807, 2.05) is 6.07 Å². The normalized spacial score (nSPS) is 14.0. The number of ether oxygens (including phenoxy) is 1. The Morgan fingerprint density at radius 2 is 1.42 bits per heavy atom. The van der Waals surface area contributed by atoms with Crippen LogP contribution < -0.4 is 51.4 Å². The molecule has 1 aromatic carbocycles. The second kappa shape index (κ2) is 15.4. The largest absolute Gasteiger partial charge is 1.00 e. The van der Waals surface area contributed by atoms with Gasteiger partial charge in [-0.15, -0.1) is 0 Å². The summed E-state index contributed by atoms with van der Waals surface area (Å²) in [4.78, 5) is 4.89. The van der Waals surface area contributed by atoms with Gasteiger partial charge < -0.3 is 31.7 Å². The molecule has 7 heteroatoms. The van der Waals surface area contributed by atoms with Crippen LogP contribution in [0.5, 0.6) is 0 Å². The van der Waals surface area contributed by atoms with Crippen molar-refractivity contribution in [3.8, 4) is 0 Å². The Morgan fingerprint density at radius 3 is 1.73 bits per heavy atom. The molecule has 1 heterocycles. The van der Waals surface area contributed by atoms with Crippen LogP contribution >= 0.6 is 0 Å². The molecule has 0 saturated carbocycles. The smallest absolute Gasteiger partial charge is 0.813 e. The number of hydrogen-bond acceptors (Lipinski definition) is 4. The average Bonchev–Trinajstić information content (AvgIpc) is 3.02. The van der Waals surface area contributed by atoms with Crippen LogP contribution in [0.4, 0.5) is 0 Å². The van der Waals surface area contributed by atoms with Gasteiger partial charge in [-0.25, -0.2) is 0 Å². The summed E-state index contributed by atoms with van der Waals surface area (Å²) in [6, 6.07) is 10.4. The Bertz CT molecular complexity index is 491. The molecule has 0 bridgehead atoms. The maximum absolute atomic E-state index is 4.94. The fourth-order valence-electron chi connectivity index (χ4n) is 1.98. The molecule has 143 valence electrons. The first kappa shape index (κ1) is 32.2. The molecule has 0 unspecified atom stereocenters. The number of thiol groups is 2. The van der Waals surface area contributed by atoms with Crippen molar-refractivity contribution in [3.63, 3.8) is 0 Å². The van der Waals surface area contributed by atoms with E-state index in [2.05, 4.69) is 86.4 Å². The van der Waals surface area contributed by atoms with Gasteiger partial charge in [0.05, 0.1) is 0 Å². The van der Waals surface area contributed by atoms with Crippen molar-refractivity contribution < 1.29 is 56.1 Å². The van der Waals surface area contributed by atoms with Gasteiger partial charge in [0.25, 0.3) is 0 Å². The summed E-state index contributed by atoms with van der Waals surface area (Å²) in [5.41, 5.74) is 1.15. The molecule has 0 atom stereocenters. The van der Waals surface area contributed by atoms with Crippen LogP contribution in [0.2, 0.25) is 0 Å². The third-order valence-corrected chi connectivity index (χ3v) is 5.04. The summed E-state index contributed by atoms with van der Waals surface area (Å²) in [6.07, 6.45) is 2.56. The molecule has 1 saturated heterocycles. The molecule has 0 amide bonds. The Labute approximate surface area is 226 Å². The minimum absolute atomic E-state index is 0. The zero-order valence-electron chi connectivity index (χ0n) is 17.4. The van der Waals surface area contributed by atoms with Crippen LogP contribution in [0.3, 0.4) is 0 Å². The minimum Gasteiger partial charge on any atom is -0.813 e. The van der Waals surface area contributed by atoms with Crippen molar-refractivity contribution in [1.82, 2.24) is 3.86 Å². The maximum Gasteiger partial charge on any atom is 1.00 e. The van der Waals surface area contributed by atoms with Crippen molar-refractivity contribution in [2.75, 3.05) is 13.2 Å². The number of amidine groups is 1. The van der Waals surface area contributed by atoms with Crippen molar-refractivity contribution in [2.24, 2.45) is 4.99 Å². The molecule has 26 heavy (non-hydrogen) atoms.